The van der Waals surface area contributed by atoms with Crippen molar-refractivity contribution in [1.82, 2.24) is 10.2 Å². The number of hydrogen-bond donors (Lipinski definition) is 2. The molecule has 2 N–H and O–H groups in total. The van der Waals surface area contributed by atoms with Crippen LogP contribution in [0.1, 0.15) is 55.8 Å². The van der Waals surface area contributed by atoms with Gasteiger partial charge in [-0.25, -0.2) is 0 Å². The van der Waals surface area contributed by atoms with Crippen LogP contribution in [0.15, 0.2) is 24.3 Å². The summed E-state index contributed by atoms with van der Waals surface area (Å²) in [4.78, 5) is 39.5. The first kappa shape index (κ1) is 21.3. The molecule has 0 spiro atoms. The van der Waals surface area contributed by atoms with Gasteiger partial charge >= 0.3 is 0 Å². The molecule has 1 aliphatic carbocycles. The number of methoxy groups -OCH3 is 1. The zero-order valence-electron chi connectivity index (χ0n) is 17.3. The molecule has 3 amide bonds. The maximum Gasteiger partial charge on any atom is 0.253 e. The van der Waals surface area contributed by atoms with Crippen LogP contribution in [-0.2, 0) is 14.3 Å². The molecule has 1 saturated heterocycles. The van der Waals surface area contributed by atoms with Crippen LogP contribution < -0.4 is 10.6 Å². The van der Waals surface area contributed by atoms with E-state index < -0.39 is 5.92 Å². The number of amides is 3. The minimum Gasteiger partial charge on any atom is -0.383 e. The van der Waals surface area contributed by atoms with Crippen LogP contribution in [0.2, 0.25) is 0 Å². The smallest absolute Gasteiger partial charge is 0.253 e. The molecule has 1 heterocycles. The highest BCUT2D eigenvalue weighted by molar-refractivity contribution is 6.05. The normalized spacial score (nSPS) is 21.1. The van der Waals surface area contributed by atoms with Crippen molar-refractivity contribution in [3.8, 4) is 0 Å². The zero-order chi connectivity index (χ0) is 20.8. The van der Waals surface area contributed by atoms with Gasteiger partial charge in [-0.2, -0.15) is 0 Å². The highest BCUT2D eigenvalue weighted by atomic mass is 16.5. The summed E-state index contributed by atoms with van der Waals surface area (Å²) in [5.74, 6) is -0.872. The van der Waals surface area contributed by atoms with E-state index in [-0.39, 0.29) is 36.2 Å². The van der Waals surface area contributed by atoms with Crippen LogP contribution in [-0.4, -0.2) is 55.0 Å². The number of carbonyl (C=O) groups excluding carboxylic acids is 3. The molecule has 0 aromatic heterocycles. The molecule has 0 unspecified atom stereocenters. The summed E-state index contributed by atoms with van der Waals surface area (Å²) in [7, 11) is 1.59. The number of ether oxygens (including phenoxy) is 1. The van der Waals surface area contributed by atoms with Crippen LogP contribution in [0.5, 0.6) is 0 Å². The fourth-order valence-electron chi connectivity index (χ4n) is 4.20. The lowest BCUT2D eigenvalue weighted by atomic mass is 9.95. The van der Waals surface area contributed by atoms with Crippen molar-refractivity contribution in [3.63, 3.8) is 0 Å². The topological polar surface area (TPSA) is 87.7 Å². The molecule has 2 atom stereocenters. The third kappa shape index (κ3) is 5.35. The molecule has 1 aliphatic heterocycles. The molecule has 2 aliphatic rings. The second kappa shape index (κ2) is 9.87. The minimum atomic E-state index is -0.434. The number of benzene rings is 1. The minimum absolute atomic E-state index is 0.0435. The first-order valence-electron chi connectivity index (χ1n) is 10.5. The quantitative estimate of drug-likeness (QED) is 0.735. The first-order valence-corrected chi connectivity index (χ1v) is 10.5. The molecule has 158 valence electrons. The van der Waals surface area contributed by atoms with Crippen molar-refractivity contribution < 1.29 is 19.1 Å². The van der Waals surface area contributed by atoms with Gasteiger partial charge in [-0.3, -0.25) is 14.4 Å². The Hall–Kier alpha value is -2.41. The summed E-state index contributed by atoms with van der Waals surface area (Å²) in [6.45, 7) is 2.71. The monoisotopic (exact) mass is 401 g/mol. The summed E-state index contributed by atoms with van der Waals surface area (Å²) < 4.78 is 5.12. The van der Waals surface area contributed by atoms with Crippen molar-refractivity contribution in [2.24, 2.45) is 5.92 Å². The summed E-state index contributed by atoms with van der Waals surface area (Å²) in [5, 5.41) is 5.97. The Morgan fingerprint density at radius 1 is 1.21 bits per heavy atom. The van der Waals surface area contributed by atoms with E-state index in [4.69, 9.17) is 4.74 Å². The number of anilines is 1. The van der Waals surface area contributed by atoms with Gasteiger partial charge in [0, 0.05) is 26.1 Å². The van der Waals surface area contributed by atoms with Gasteiger partial charge in [0.05, 0.1) is 29.8 Å². The summed E-state index contributed by atoms with van der Waals surface area (Å²) in [6, 6.07) is 7.16. The third-order valence-corrected chi connectivity index (χ3v) is 5.84. The van der Waals surface area contributed by atoms with Crippen molar-refractivity contribution in [2.45, 2.75) is 57.5 Å². The fraction of sp³-hybridized carbons (Fsp3) is 0.591. The molecule has 1 saturated carbocycles. The largest absolute Gasteiger partial charge is 0.383 e. The second-order valence-electron chi connectivity index (χ2n) is 8.09. The molecule has 2 fully saturated rings. The average molecular weight is 402 g/mol. The van der Waals surface area contributed by atoms with Gasteiger partial charge in [-0.1, -0.05) is 31.4 Å². The standard InChI is InChI=1S/C22H31N3O4/c1-15(14-29-2)25-13-16(12-20(25)26)21(27)24-19-11-7-6-10-18(19)22(28)23-17-8-4-3-5-9-17/h6-7,10-11,15-17H,3-5,8-9,12-14H2,1-2H3,(H,23,28)(H,24,27)/t15-,16+/m0/s1. The lowest BCUT2D eigenvalue weighted by Crippen LogP contribution is -2.38. The second-order valence-corrected chi connectivity index (χ2v) is 8.09. The van der Waals surface area contributed by atoms with Crippen molar-refractivity contribution in [3.05, 3.63) is 29.8 Å². The van der Waals surface area contributed by atoms with Gasteiger partial charge in [-0.05, 0) is 31.9 Å². The Bertz CT molecular complexity index is 745. The molecule has 0 bridgehead atoms. The number of nitrogens with zero attached hydrogens (tertiary/aromatic N) is 1. The van der Waals surface area contributed by atoms with Crippen molar-refractivity contribution in [1.29, 1.82) is 0 Å². The number of para-hydroxylation sites is 1. The van der Waals surface area contributed by atoms with Gasteiger partial charge in [0.25, 0.3) is 5.91 Å². The summed E-state index contributed by atoms with van der Waals surface area (Å²) in [6.07, 6.45) is 5.67. The van der Waals surface area contributed by atoms with Crippen LogP contribution in [0.25, 0.3) is 0 Å². The Kier molecular flexibility index (Phi) is 7.25. The number of hydrogen-bond acceptors (Lipinski definition) is 4. The van der Waals surface area contributed by atoms with Crippen LogP contribution in [0.4, 0.5) is 5.69 Å². The zero-order valence-corrected chi connectivity index (χ0v) is 17.3. The van der Waals surface area contributed by atoms with E-state index in [1.165, 1.54) is 6.42 Å². The maximum atomic E-state index is 12.8. The highest BCUT2D eigenvalue weighted by Crippen LogP contribution is 2.24. The van der Waals surface area contributed by atoms with Crippen LogP contribution in [0, 0.1) is 5.92 Å². The Balaban J connectivity index is 1.63. The van der Waals surface area contributed by atoms with E-state index >= 15 is 0 Å². The molecule has 3 rings (SSSR count). The summed E-state index contributed by atoms with van der Waals surface area (Å²) in [5.41, 5.74) is 0.946. The van der Waals surface area contributed by atoms with Gasteiger partial charge in [0.2, 0.25) is 11.8 Å². The molecule has 7 heteroatoms. The lowest BCUT2D eigenvalue weighted by Gasteiger charge is -2.24. The van der Waals surface area contributed by atoms with E-state index in [1.54, 1.807) is 36.3 Å². The molecular weight excluding hydrogens is 370 g/mol. The molecule has 1 aromatic rings. The van der Waals surface area contributed by atoms with Crippen molar-refractivity contribution >= 4 is 23.4 Å². The van der Waals surface area contributed by atoms with E-state index in [0.717, 1.165) is 25.7 Å². The third-order valence-electron chi connectivity index (χ3n) is 5.84. The average Bonchev–Trinajstić information content (AvgIpc) is 3.11. The van der Waals surface area contributed by atoms with Gasteiger partial charge in [-0.15, -0.1) is 0 Å². The van der Waals surface area contributed by atoms with E-state index in [2.05, 4.69) is 10.6 Å². The van der Waals surface area contributed by atoms with E-state index in [0.29, 0.717) is 24.4 Å². The van der Waals surface area contributed by atoms with E-state index in [1.807, 2.05) is 6.92 Å². The van der Waals surface area contributed by atoms with Gasteiger partial charge < -0.3 is 20.3 Å². The molecule has 7 nitrogen and oxygen atoms in total. The molecule has 1 aromatic carbocycles. The summed E-state index contributed by atoms with van der Waals surface area (Å²) >= 11 is 0. The Labute approximate surface area is 172 Å². The predicted octanol–water partition coefficient (Wildman–Crippen LogP) is 2.57. The number of carbonyl (C=O) groups is 3. The van der Waals surface area contributed by atoms with Crippen LogP contribution >= 0.6 is 0 Å². The molecular formula is C22H31N3O4. The fourth-order valence-corrected chi connectivity index (χ4v) is 4.20. The molecule has 0 radical (unpaired) electrons. The van der Waals surface area contributed by atoms with Crippen molar-refractivity contribution in [2.75, 3.05) is 25.6 Å². The maximum absolute atomic E-state index is 12.8. The lowest BCUT2D eigenvalue weighted by molar-refractivity contribution is -0.130. The number of likely N-dealkylation sites (tertiary alicyclic amines) is 1. The van der Waals surface area contributed by atoms with Crippen LogP contribution in [0.3, 0.4) is 0 Å². The first-order chi connectivity index (χ1) is 14.0. The number of nitrogens with one attached hydrogen (secondary N) is 2. The SMILES string of the molecule is COC[C@H](C)N1C[C@H](C(=O)Nc2ccccc2C(=O)NC2CCCCC2)CC1=O. The number of rotatable bonds is 7. The Morgan fingerprint density at radius 3 is 2.66 bits per heavy atom. The van der Waals surface area contributed by atoms with Gasteiger partial charge in [0.15, 0.2) is 0 Å². The Morgan fingerprint density at radius 2 is 1.93 bits per heavy atom. The van der Waals surface area contributed by atoms with E-state index in [9.17, 15) is 14.4 Å². The predicted molar refractivity (Wildman–Crippen MR) is 111 cm³/mol. The highest BCUT2D eigenvalue weighted by Gasteiger charge is 2.36. The molecule has 29 heavy (non-hydrogen) atoms. The van der Waals surface area contributed by atoms with Gasteiger partial charge in [0.1, 0.15) is 0 Å².